The Bertz CT molecular complexity index is 554. The minimum atomic E-state index is 0.773. The van der Waals surface area contributed by atoms with Crippen molar-refractivity contribution in [1.82, 2.24) is 4.98 Å². The maximum absolute atomic E-state index is 6.12. The molecule has 1 heterocycles. The Kier molecular flexibility index (Phi) is 4.65. The normalized spacial score (nSPS) is 10.7. The quantitative estimate of drug-likeness (QED) is 0.839. The topological polar surface area (TPSA) is 24.9 Å². The Hall–Kier alpha value is -0.580. The lowest BCUT2D eigenvalue weighted by Gasteiger charge is -2.09. The second-order valence-electron chi connectivity index (χ2n) is 4.01. The van der Waals surface area contributed by atoms with E-state index in [4.69, 9.17) is 11.6 Å². The van der Waals surface area contributed by atoms with Gasteiger partial charge in [0.1, 0.15) is 0 Å². The molecule has 2 aromatic rings. The Balaban J connectivity index is 2.08. The van der Waals surface area contributed by atoms with Crippen LogP contribution in [-0.4, -0.2) is 4.98 Å². The fourth-order valence-corrected chi connectivity index (χ4v) is 3.12. The first-order valence-electron chi connectivity index (χ1n) is 5.73. The largest absolute Gasteiger partial charge is 0.379 e. The molecular weight excluding hydrogens is 332 g/mol. The first-order valence-corrected chi connectivity index (χ1v) is 7.72. The molecule has 0 radical (unpaired) electrons. The van der Waals surface area contributed by atoms with Gasteiger partial charge < -0.3 is 5.32 Å². The van der Waals surface area contributed by atoms with Crippen LogP contribution in [0.5, 0.6) is 0 Å². The maximum atomic E-state index is 6.12. The number of benzene rings is 1. The highest BCUT2D eigenvalue weighted by atomic mass is 79.9. The van der Waals surface area contributed by atoms with Crippen LogP contribution in [0.1, 0.15) is 22.4 Å². The van der Waals surface area contributed by atoms with Crippen LogP contribution in [0.25, 0.3) is 0 Å². The van der Waals surface area contributed by atoms with E-state index in [2.05, 4.69) is 33.2 Å². The first-order chi connectivity index (χ1) is 8.60. The molecule has 0 unspecified atom stereocenters. The minimum absolute atomic E-state index is 0.773. The molecule has 0 atom stereocenters. The van der Waals surface area contributed by atoms with Gasteiger partial charge in [0.05, 0.1) is 17.2 Å². The number of nitrogens with one attached hydrogen (secondary N) is 1. The van der Waals surface area contributed by atoms with Crippen molar-refractivity contribution in [3.8, 4) is 0 Å². The molecule has 0 aliphatic carbocycles. The SMILES string of the molecule is CCc1ncc(CNc2cc(Cl)c(C)cc2Br)s1. The fraction of sp³-hybridized carbons (Fsp3) is 0.308. The third-order valence-electron chi connectivity index (χ3n) is 2.61. The average molecular weight is 346 g/mol. The number of nitrogens with zero attached hydrogens (tertiary/aromatic N) is 1. The molecule has 5 heteroatoms. The van der Waals surface area contributed by atoms with Crippen LogP contribution in [0.3, 0.4) is 0 Å². The Morgan fingerprint density at radius 1 is 1.44 bits per heavy atom. The van der Waals surface area contributed by atoms with Crippen LogP contribution in [-0.2, 0) is 13.0 Å². The van der Waals surface area contributed by atoms with Crippen LogP contribution < -0.4 is 5.32 Å². The Labute approximate surface area is 125 Å². The summed E-state index contributed by atoms with van der Waals surface area (Å²) >= 11 is 11.4. The molecule has 0 aliphatic rings. The summed E-state index contributed by atoms with van der Waals surface area (Å²) in [4.78, 5) is 5.57. The van der Waals surface area contributed by atoms with Crippen LogP contribution in [0.2, 0.25) is 5.02 Å². The molecule has 18 heavy (non-hydrogen) atoms. The van der Waals surface area contributed by atoms with Crippen molar-refractivity contribution < 1.29 is 0 Å². The highest BCUT2D eigenvalue weighted by Crippen LogP contribution is 2.29. The summed E-state index contributed by atoms with van der Waals surface area (Å²) in [5, 5.41) is 5.32. The molecule has 1 aromatic heterocycles. The zero-order chi connectivity index (χ0) is 13.1. The van der Waals surface area contributed by atoms with Gasteiger partial charge in [-0.15, -0.1) is 11.3 Å². The van der Waals surface area contributed by atoms with E-state index >= 15 is 0 Å². The van der Waals surface area contributed by atoms with Gasteiger partial charge in [-0.1, -0.05) is 18.5 Å². The summed E-state index contributed by atoms with van der Waals surface area (Å²) < 4.78 is 1.03. The summed E-state index contributed by atoms with van der Waals surface area (Å²) in [7, 11) is 0. The molecule has 2 nitrogen and oxygen atoms in total. The van der Waals surface area contributed by atoms with Gasteiger partial charge in [-0.2, -0.15) is 0 Å². The maximum Gasteiger partial charge on any atom is 0.0925 e. The highest BCUT2D eigenvalue weighted by molar-refractivity contribution is 9.10. The Morgan fingerprint density at radius 3 is 2.89 bits per heavy atom. The van der Waals surface area contributed by atoms with E-state index in [9.17, 15) is 0 Å². The van der Waals surface area contributed by atoms with Crippen molar-refractivity contribution >= 4 is 44.6 Å². The van der Waals surface area contributed by atoms with Crippen molar-refractivity contribution in [1.29, 1.82) is 0 Å². The van der Waals surface area contributed by atoms with Gasteiger partial charge in [-0.3, -0.25) is 0 Å². The van der Waals surface area contributed by atoms with Gasteiger partial charge in [0, 0.05) is 20.6 Å². The number of rotatable bonds is 4. The van der Waals surface area contributed by atoms with Gasteiger partial charge >= 0.3 is 0 Å². The fourth-order valence-electron chi connectivity index (χ4n) is 1.56. The molecule has 0 bridgehead atoms. The zero-order valence-electron chi connectivity index (χ0n) is 10.3. The number of hydrogen-bond acceptors (Lipinski definition) is 3. The van der Waals surface area contributed by atoms with Crippen molar-refractivity contribution in [2.75, 3.05) is 5.32 Å². The second-order valence-corrected chi connectivity index (χ2v) is 6.47. The second kappa shape index (κ2) is 6.04. The average Bonchev–Trinajstić information content (AvgIpc) is 2.80. The van der Waals surface area contributed by atoms with Gasteiger partial charge in [-0.05, 0) is 47.0 Å². The van der Waals surface area contributed by atoms with Crippen molar-refractivity contribution in [3.05, 3.63) is 43.3 Å². The van der Waals surface area contributed by atoms with E-state index < -0.39 is 0 Å². The highest BCUT2D eigenvalue weighted by Gasteiger charge is 2.05. The van der Waals surface area contributed by atoms with E-state index in [1.165, 1.54) is 9.88 Å². The van der Waals surface area contributed by atoms with Crippen molar-refractivity contribution in [2.45, 2.75) is 26.8 Å². The monoisotopic (exact) mass is 344 g/mol. The van der Waals surface area contributed by atoms with Gasteiger partial charge in [-0.25, -0.2) is 4.98 Å². The molecule has 1 N–H and O–H groups in total. The summed E-state index contributed by atoms with van der Waals surface area (Å²) in [5.74, 6) is 0. The predicted molar refractivity (Wildman–Crippen MR) is 82.7 cm³/mol. The van der Waals surface area contributed by atoms with Crippen LogP contribution in [0, 0.1) is 6.92 Å². The molecule has 0 fully saturated rings. The first kappa shape index (κ1) is 13.8. The molecule has 2 rings (SSSR count). The number of halogens is 2. The number of anilines is 1. The van der Waals surface area contributed by atoms with E-state index in [-0.39, 0.29) is 0 Å². The minimum Gasteiger partial charge on any atom is -0.379 e. The van der Waals surface area contributed by atoms with Gasteiger partial charge in [0.25, 0.3) is 0 Å². The predicted octanol–water partition coefficient (Wildman–Crippen LogP) is 5.04. The van der Waals surface area contributed by atoms with Gasteiger partial charge in [0.2, 0.25) is 0 Å². The van der Waals surface area contributed by atoms with Gasteiger partial charge in [0.15, 0.2) is 0 Å². The van der Waals surface area contributed by atoms with Crippen molar-refractivity contribution in [2.24, 2.45) is 0 Å². The number of aryl methyl sites for hydroxylation is 2. The summed E-state index contributed by atoms with van der Waals surface area (Å²) in [6, 6.07) is 3.97. The zero-order valence-corrected chi connectivity index (χ0v) is 13.4. The van der Waals surface area contributed by atoms with E-state index in [0.29, 0.717) is 0 Å². The molecule has 0 saturated carbocycles. The summed E-state index contributed by atoms with van der Waals surface area (Å²) in [6.07, 6.45) is 2.92. The van der Waals surface area contributed by atoms with E-state index in [0.717, 1.165) is 33.7 Å². The molecule has 96 valence electrons. The lowest BCUT2D eigenvalue weighted by atomic mass is 10.2. The number of thiazole rings is 1. The van der Waals surface area contributed by atoms with E-state index in [1.54, 1.807) is 11.3 Å². The van der Waals surface area contributed by atoms with Crippen LogP contribution in [0.15, 0.2) is 22.8 Å². The molecule has 0 spiro atoms. The molecule has 1 aromatic carbocycles. The third kappa shape index (κ3) is 3.25. The lowest BCUT2D eigenvalue weighted by molar-refractivity contribution is 1.09. The molecule has 0 saturated heterocycles. The van der Waals surface area contributed by atoms with Crippen LogP contribution in [0.4, 0.5) is 5.69 Å². The number of aromatic nitrogens is 1. The van der Waals surface area contributed by atoms with Crippen LogP contribution >= 0.6 is 38.9 Å². The van der Waals surface area contributed by atoms with E-state index in [1.807, 2.05) is 25.3 Å². The molecule has 0 aliphatic heterocycles. The van der Waals surface area contributed by atoms with Crippen molar-refractivity contribution in [3.63, 3.8) is 0 Å². The molecule has 0 amide bonds. The summed E-state index contributed by atoms with van der Waals surface area (Å²) in [5.41, 5.74) is 2.08. The molecular formula is C13H14BrClN2S. The Morgan fingerprint density at radius 2 is 2.22 bits per heavy atom. The summed E-state index contributed by atoms with van der Waals surface area (Å²) in [6.45, 7) is 4.88. The number of hydrogen-bond donors (Lipinski definition) is 1. The lowest BCUT2D eigenvalue weighted by Crippen LogP contribution is -1.98. The standard InChI is InChI=1S/C13H14BrClN2S/c1-3-13-17-7-9(18-13)6-16-12-5-11(15)8(2)4-10(12)14/h4-5,7,16H,3,6H2,1-2H3. The smallest absolute Gasteiger partial charge is 0.0925 e. The third-order valence-corrected chi connectivity index (χ3v) is 4.81.